The van der Waals surface area contributed by atoms with E-state index in [1.54, 1.807) is 11.8 Å². The van der Waals surface area contributed by atoms with Crippen LogP contribution in [0.4, 0.5) is 11.4 Å². The second-order valence-corrected chi connectivity index (χ2v) is 11.1. The summed E-state index contributed by atoms with van der Waals surface area (Å²) in [5.41, 5.74) is 0.960. The molecule has 0 radical (unpaired) electrons. The van der Waals surface area contributed by atoms with Gasteiger partial charge in [-0.2, -0.15) is 0 Å². The van der Waals surface area contributed by atoms with Crippen molar-refractivity contribution >= 4 is 62.3 Å². The highest BCUT2D eigenvalue weighted by Crippen LogP contribution is 2.33. The fraction of sp³-hybridized carbons (Fsp3) is 0.0385. The Morgan fingerprint density at radius 1 is 0.833 bits per heavy atom. The first-order valence-corrected chi connectivity index (χ1v) is 13.7. The van der Waals surface area contributed by atoms with Crippen LogP contribution in [0.2, 0.25) is 10.0 Å². The molecule has 4 rings (SSSR count). The molecule has 0 aromatic heterocycles. The quantitative estimate of drug-likeness (QED) is 0.232. The van der Waals surface area contributed by atoms with Crippen LogP contribution < -0.4 is 14.8 Å². The molecule has 0 atom stereocenters. The molecular formula is C26H20Cl2N2O4S2. The molecule has 0 bridgehead atoms. The van der Waals surface area contributed by atoms with Crippen LogP contribution in [0.1, 0.15) is 0 Å². The van der Waals surface area contributed by atoms with Crippen LogP contribution in [0, 0.1) is 0 Å². The maximum Gasteiger partial charge on any atom is 0.262 e. The second kappa shape index (κ2) is 11.7. The zero-order chi connectivity index (χ0) is 25.5. The highest BCUT2D eigenvalue weighted by molar-refractivity contribution is 7.99. The topological polar surface area (TPSA) is 84.5 Å². The van der Waals surface area contributed by atoms with E-state index in [-0.39, 0.29) is 28.1 Å². The number of carbonyl (C=O) groups excluding carboxylic acids is 1. The SMILES string of the molecule is O=C(COc1ccc(S(=O)(=O)Nc2ccc(Cl)c(Cl)c2)cc1)Nc1ccccc1Sc1ccccc1. The van der Waals surface area contributed by atoms with E-state index in [1.807, 2.05) is 54.6 Å². The Balaban J connectivity index is 1.35. The summed E-state index contributed by atoms with van der Waals surface area (Å²) in [6.45, 7) is -0.238. The zero-order valence-corrected chi connectivity index (χ0v) is 21.8. The first-order chi connectivity index (χ1) is 17.3. The van der Waals surface area contributed by atoms with Crippen molar-refractivity contribution in [2.75, 3.05) is 16.6 Å². The van der Waals surface area contributed by atoms with Gasteiger partial charge in [0.05, 0.1) is 26.3 Å². The van der Waals surface area contributed by atoms with Crippen molar-refractivity contribution in [2.24, 2.45) is 0 Å². The first kappa shape index (κ1) is 25.9. The molecule has 0 unspecified atom stereocenters. The van der Waals surface area contributed by atoms with Crippen LogP contribution >= 0.6 is 35.0 Å². The minimum atomic E-state index is -3.85. The summed E-state index contributed by atoms with van der Waals surface area (Å²) in [5, 5.41) is 3.42. The van der Waals surface area contributed by atoms with Gasteiger partial charge in [0.2, 0.25) is 0 Å². The van der Waals surface area contributed by atoms with Gasteiger partial charge in [-0.25, -0.2) is 8.42 Å². The number of benzene rings is 4. The van der Waals surface area contributed by atoms with E-state index in [0.29, 0.717) is 16.5 Å². The molecule has 6 nitrogen and oxygen atoms in total. The summed E-state index contributed by atoms with van der Waals surface area (Å²) in [6, 6.07) is 27.5. The van der Waals surface area contributed by atoms with Crippen molar-refractivity contribution in [3.63, 3.8) is 0 Å². The third kappa shape index (κ3) is 6.95. The Kier molecular flexibility index (Phi) is 8.43. The minimum absolute atomic E-state index is 0.0252. The van der Waals surface area contributed by atoms with E-state index in [9.17, 15) is 13.2 Å². The molecule has 4 aromatic rings. The summed E-state index contributed by atoms with van der Waals surface area (Å²) in [4.78, 5) is 14.5. The number of ether oxygens (including phenoxy) is 1. The van der Waals surface area contributed by atoms with Crippen molar-refractivity contribution in [1.82, 2.24) is 0 Å². The van der Waals surface area contributed by atoms with E-state index in [0.717, 1.165) is 9.79 Å². The van der Waals surface area contributed by atoms with Gasteiger partial charge in [0.15, 0.2) is 6.61 Å². The third-order valence-corrected chi connectivity index (χ3v) is 8.03. The van der Waals surface area contributed by atoms with Crippen molar-refractivity contribution in [3.8, 4) is 5.75 Å². The van der Waals surface area contributed by atoms with Crippen LogP contribution in [0.3, 0.4) is 0 Å². The molecule has 36 heavy (non-hydrogen) atoms. The van der Waals surface area contributed by atoms with Gasteiger partial charge in [0.1, 0.15) is 5.75 Å². The molecule has 0 aliphatic heterocycles. The van der Waals surface area contributed by atoms with E-state index in [2.05, 4.69) is 10.0 Å². The van der Waals surface area contributed by atoms with Gasteiger partial charge in [-0.3, -0.25) is 9.52 Å². The van der Waals surface area contributed by atoms with Crippen LogP contribution in [0.25, 0.3) is 0 Å². The molecule has 2 N–H and O–H groups in total. The number of hydrogen-bond acceptors (Lipinski definition) is 5. The van der Waals surface area contributed by atoms with Gasteiger partial charge < -0.3 is 10.1 Å². The third-order valence-electron chi connectivity index (χ3n) is 4.81. The van der Waals surface area contributed by atoms with E-state index in [1.165, 1.54) is 42.5 Å². The van der Waals surface area contributed by atoms with Gasteiger partial charge in [-0.05, 0) is 66.7 Å². The lowest BCUT2D eigenvalue weighted by atomic mass is 10.3. The molecule has 184 valence electrons. The van der Waals surface area contributed by atoms with Crippen molar-refractivity contribution in [2.45, 2.75) is 14.7 Å². The lowest BCUT2D eigenvalue weighted by Gasteiger charge is -2.12. The van der Waals surface area contributed by atoms with E-state index in [4.69, 9.17) is 27.9 Å². The summed E-state index contributed by atoms with van der Waals surface area (Å²) < 4.78 is 33.3. The number of carbonyl (C=O) groups is 1. The molecule has 0 aliphatic rings. The van der Waals surface area contributed by atoms with Crippen molar-refractivity contribution in [3.05, 3.63) is 107 Å². The molecule has 0 spiro atoms. The average molecular weight is 559 g/mol. The monoisotopic (exact) mass is 558 g/mol. The summed E-state index contributed by atoms with van der Waals surface area (Å²) >= 11 is 13.4. The number of sulfonamides is 1. The standard InChI is InChI=1S/C26H20Cl2N2O4S2/c27-22-15-10-18(16-23(22)28)30-36(32,33)21-13-11-19(12-14-21)34-17-26(31)29-24-8-4-5-9-25(24)35-20-6-2-1-3-7-20/h1-16,30H,17H2,(H,29,31). The van der Waals surface area contributed by atoms with Crippen LogP contribution in [-0.2, 0) is 14.8 Å². The number of amides is 1. The van der Waals surface area contributed by atoms with E-state index < -0.39 is 10.0 Å². The van der Waals surface area contributed by atoms with Gasteiger partial charge in [-0.15, -0.1) is 0 Å². The van der Waals surface area contributed by atoms with Gasteiger partial charge in [0.25, 0.3) is 15.9 Å². The van der Waals surface area contributed by atoms with Gasteiger partial charge >= 0.3 is 0 Å². The van der Waals surface area contributed by atoms with Crippen molar-refractivity contribution in [1.29, 1.82) is 0 Å². The normalized spacial score (nSPS) is 11.1. The summed E-state index contributed by atoms with van der Waals surface area (Å²) in [7, 11) is -3.85. The Morgan fingerprint density at radius 3 is 2.25 bits per heavy atom. The number of anilines is 2. The highest BCUT2D eigenvalue weighted by Gasteiger charge is 2.15. The zero-order valence-electron chi connectivity index (χ0n) is 18.7. The number of para-hydroxylation sites is 1. The average Bonchev–Trinajstić information content (AvgIpc) is 2.87. The lowest BCUT2D eigenvalue weighted by molar-refractivity contribution is -0.118. The predicted octanol–water partition coefficient (Wildman–Crippen LogP) is 6.96. The number of nitrogens with one attached hydrogen (secondary N) is 2. The molecule has 1 amide bonds. The van der Waals surface area contributed by atoms with E-state index >= 15 is 0 Å². The fourth-order valence-corrected chi connectivity index (χ4v) is 5.37. The predicted molar refractivity (Wildman–Crippen MR) is 145 cm³/mol. The van der Waals surface area contributed by atoms with Crippen molar-refractivity contribution < 1.29 is 17.9 Å². The molecule has 0 saturated heterocycles. The maximum atomic E-state index is 12.6. The highest BCUT2D eigenvalue weighted by atomic mass is 35.5. The Morgan fingerprint density at radius 2 is 1.53 bits per heavy atom. The van der Waals surface area contributed by atoms with Crippen LogP contribution in [0.5, 0.6) is 5.75 Å². The summed E-state index contributed by atoms with van der Waals surface area (Å²) in [5.74, 6) is 0.0136. The first-order valence-electron chi connectivity index (χ1n) is 10.6. The number of hydrogen-bond donors (Lipinski definition) is 2. The second-order valence-electron chi connectivity index (χ2n) is 7.45. The molecule has 0 aliphatic carbocycles. The number of rotatable bonds is 9. The Hall–Kier alpha value is -3.17. The molecule has 0 fully saturated rings. The molecule has 10 heteroatoms. The fourth-order valence-electron chi connectivity index (χ4n) is 3.10. The largest absolute Gasteiger partial charge is 0.484 e. The Labute approximate surface area is 223 Å². The maximum absolute atomic E-state index is 12.6. The molecule has 0 heterocycles. The minimum Gasteiger partial charge on any atom is -0.484 e. The lowest BCUT2D eigenvalue weighted by Crippen LogP contribution is -2.20. The van der Waals surface area contributed by atoms with Crippen LogP contribution in [-0.4, -0.2) is 20.9 Å². The van der Waals surface area contributed by atoms with Gasteiger partial charge in [0, 0.05) is 9.79 Å². The van der Waals surface area contributed by atoms with Gasteiger partial charge in [-0.1, -0.05) is 65.3 Å². The molecule has 0 saturated carbocycles. The van der Waals surface area contributed by atoms with Crippen LogP contribution in [0.15, 0.2) is 112 Å². The number of halogens is 2. The summed E-state index contributed by atoms with van der Waals surface area (Å²) in [6.07, 6.45) is 0. The molecule has 4 aromatic carbocycles. The smallest absolute Gasteiger partial charge is 0.262 e. The molecular weight excluding hydrogens is 539 g/mol. The Bertz CT molecular complexity index is 1470.